The van der Waals surface area contributed by atoms with Gasteiger partial charge in [-0.2, -0.15) is 0 Å². The van der Waals surface area contributed by atoms with Crippen molar-refractivity contribution in [1.82, 2.24) is 0 Å². The second-order valence-electron chi connectivity index (χ2n) is 11.4. The normalized spacial score (nSPS) is 16.4. The third-order valence-corrected chi connectivity index (χ3v) is 10.5. The van der Waals surface area contributed by atoms with Gasteiger partial charge in [0.05, 0.1) is 0 Å². The summed E-state index contributed by atoms with van der Waals surface area (Å²) in [6.07, 6.45) is 0. The smallest absolute Gasteiger partial charge is 0.0435 e. The largest absolute Gasteiger partial charge is 0.0888 e. The van der Waals surface area contributed by atoms with E-state index in [1.165, 1.54) is 81.4 Å². The Bertz CT molecular complexity index is 2180. The lowest BCUT2D eigenvalue weighted by Gasteiger charge is -2.29. The summed E-state index contributed by atoms with van der Waals surface area (Å²) >= 11 is 1.90. The molecule has 0 saturated carbocycles. The minimum atomic E-state index is -0.233. The highest BCUT2D eigenvalue weighted by molar-refractivity contribution is 7.99. The van der Waals surface area contributed by atoms with E-state index in [0.717, 1.165) is 0 Å². The number of fused-ring (bicyclic) bond motifs is 7. The standard InChI is InChI=1S/C40H26S/c1-40(29-12-3-2-4-13-29)34-22-19-25-9-5-6-14-30(25)39(34)33-21-18-27(23-35(33)40)28-17-20-31-32-15-7-10-26-11-8-16-36(38(26)32)41-37(31)24-28/h2-24H,1H3. The van der Waals surface area contributed by atoms with Gasteiger partial charge >= 0.3 is 0 Å². The molecule has 1 unspecified atom stereocenters. The maximum Gasteiger partial charge on any atom is 0.0435 e. The number of benzene rings is 7. The molecule has 0 bridgehead atoms. The van der Waals surface area contributed by atoms with Crippen LogP contribution in [0, 0.1) is 0 Å². The average molecular weight is 539 g/mol. The zero-order chi connectivity index (χ0) is 27.1. The summed E-state index contributed by atoms with van der Waals surface area (Å²) < 4.78 is 0. The first-order chi connectivity index (χ1) is 20.2. The molecule has 192 valence electrons. The molecule has 9 rings (SSSR count). The van der Waals surface area contributed by atoms with Crippen LogP contribution in [-0.2, 0) is 5.41 Å². The third kappa shape index (κ3) is 3.18. The van der Waals surface area contributed by atoms with Crippen molar-refractivity contribution in [3.8, 4) is 33.4 Å². The van der Waals surface area contributed by atoms with Crippen LogP contribution in [0.3, 0.4) is 0 Å². The van der Waals surface area contributed by atoms with E-state index >= 15 is 0 Å². The van der Waals surface area contributed by atoms with Crippen LogP contribution in [0.1, 0.15) is 23.6 Å². The van der Waals surface area contributed by atoms with Gasteiger partial charge in [-0.15, -0.1) is 0 Å². The summed E-state index contributed by atoms with van der Waals surface area (Å²) in [7, 11) is 0. The Labute approximate surface area is 244 Å². The van der Waals surface area contributed by atoms with Gasteiger partial charge in [-0.1, -0.05) is 133 Å². The van der Waals surface area contributed by atoms with Crippen molar-refractivity contribution in [2.45, 2.75) is 22.1 Å². The highest BCUT2D eigenvalue weighted by atomic mass is 32.2. The van der Waals surface area contributed by atoms with Gasteiger partial charge in [-0.25, -0.2) is 0 Å². The van der Waals surface area contributed by atoms with E-state index in [9.17, 15) is 0 Å². The predicted molar refractivity (Wildman–Crippen MR) is 174 cm³/mol. The SMILES string of the molecule is CC1(c2ccccc2)c2cc(-c3ccc4c(c3)Sc3cccc5cccc-4c35)ccc2-c2c1ccc1ccccc21. The van der Waals surface area contributed by atoms with E-state index in [1.807, 2.05) is 11.8 Å². The molecule has 0 radical (unpaired) electrons. The minimum absolute atomic E-state index is 0.233. The molecule has 0 N–H and O–H groups in total. The van der Waals surface area contributed by atoms with Gasteiger partial charge in [0.1, 0.15) is 0 Å². The molecule has 1 aliphatic carbocycles. The van der Waals surface area contributed by atoms with Gasteiger partial charge in [0.15, 0.2) is 0 Å². The molecule has 0 spiro atoms. The Balaban J connectivity index is 1.25. The number of rotatable bonds is 2. The van der Waals surface area contributed by atoms with E-state index in [-0.39, 0.29) is 5.41 Å². The first kappa shape index (κ1) is 23.1. The molecule has 2 aliphatic rings. The molecule has 0 amide bonds. The second kappa shape index (κ2) is 8.46. The van der Waals surface area contributed by atoms with Gasteiger partial charge in [0.25, 0.3) is 0 Å². The van der Waals surface area contributed by atoms with E-state index in [1.54, 1.807) is 0 Å². The molecule has 1 atom stereocenters. The van der Waals surface area contributed by atoms with E-state index in [0.29, 0.717) is 0 Å². The molecule has 7 aromatic rings. The van der Waals surface area contributed by atoms with Crippen LogP contribution in [0.15, 0.2) is 149 Å². The Morgan fingerprint density at radius 3 is 2.10 bits per heavy atom. The first-order valence-corrected chi connectivity index (χ1v) is 15.1. The summed E-state index contributed by atoms with van der Waals surface area (Å²) in [6, 6.07) is 52.0. The fourth-order valence-corrected chi connectivity index (χ4v) is 8.49. The van der Waals surface area contributed by atoms with E-state index in [2.05, 4.69) is 146 Å². The summed E-state index contributed by atoms with van der Waals surface area (Å²) in [5, 5.41) is 5.31. The number of hydrogen-bond acceptors (Lipinski definition) is 1. The van der Waals surface area contributed by atoms with Gasteiger partial charge < -0.3 is 0 Å². The van der Waals surface area contributed by atoms with Gasteiger partial charge in [-0.05, 0) is 91.4 Å². The topological polar surface area (TPSA) is 0 Å². The molecule has 41 heavy (non-hydrogen) atoms. The number of hydrogen-bond donors (Lipinski definition) is 0. The van der Waals surface area contributed by atoms with Gasteiger partial charge in [0, 0.05) is 20.6 Å². The predicted octanol–water partition coefficient (Wildman–Crippen LogP) is 11.1. The Morgan fingerprint density at radius 2 is 1.22 bits per heavy atom. The highest BCUT2D eigenvalue weighted by Gasteiger charge is 2.41. The summed E-state index contributed by atoms with van der Waals surface area (Å²) in [5.74, 6) is 0. The van der Waals surface area contributed by atoms with Crippen molar-refractivity contribution >= 4 is 33.3 Å². The maximum absolute atomic E-state index is 2.46. The summed E-state index contributed by atoms with van der Waals surface area (Å²) in [6.45, 7) is 2.41. The summed E-state index contributed by atoms with van der Waals surface area (Å²) in [5.41, 5.74) is 11.8. The van der Waals surface area contributed by atoms with Crippen LogP contribution >= 0.6 is 11.8 Å². The molecule has 0 nitrogen and oxygen atoms in total. The van der Waals surface area contributed by atoms with E-state index in [4.69, 9.17) is 0 Å². The average Bonchev–Trinajstić information content (AvgIpc) is 3.30. The second-order valence-corrected chi connectivity index (χ2v) is 12.5. The molecule has 7 aromatic carbocycles. The third-order valence-electron chi connectivity index (χ3n) is 9.34. The zero-order valence-corrected chi connectivity index (χ0v) is 23.5. The Hall–Kier alpha value is -4.59. The van der Waals surface area contributed by atoms with Crippen LogP contribution in [0.4, 0.5) is 0 Å². The van der Waals surface area contributed by atoms with Gasteiger partial charge in [0.2, 0.25) is 0 Å². The molecular weight excluding hydrogens is 513 g/mol. The zero-order valence-electron chi connectivity index (χ0n) is 22.7. The Kier molecular flexibility index (Phi) is 4.77. The molecule has 1 heteroatoms. The first-order valence-electron chi connectivity index (χ1n) is 14.3. The Morgan fingerprint density at radius 1 is 0.488 bits per heavy atom. The van der Waals surface area contributed by atoms with Crippen LogP contribution in [0.2, 0.25) is 0 Å². The molecule has 0 saturated heterocycles. The fraction of sp³-hybridized carbons (Fsp3) is 0.0500. The maximum atomic E-state index is 2.46. The summed E-state index contributed by atoms with van der Waals surface area (Å²) in [4.78, 5) is 2.67. The van der Waals surface area contributed by atoms with Crippen molar-refractivity contribution in [3.63, 3.8) is 0 Å². The van der Waals surface area contributed by atoms with Crippen LogP contribution in [-0.4, -0.2) is 0 Å². The molecule has 1 heterocycles. The monoisotopic (exact) mass is 538 g/mol. The molecule has 0 fully saturated rings. The lowest BCUT2D eigenvalue weighted by molar-refractivity contribution is 0.714. The van der Waals surface area contributed by atoms with Gasteiger partial charge in [-0.3, -0.25) is 0 Å². The minimum Gasteiger partial charge on any atom is -0.0888 e. The lowest BCUT2D eigenvalue weighted by Crippen LogP contribution is -2.22. The molecule has 0 aromatic heterocycles. The quantitative estimate of drug-likeness (QED) is 0.211. The van der Waals surface area contributed by atoms with Crippen LogP contribution in [0.25, 0.3) is 54.9 Å². The molecular formula is C40H26S. The lowest BCUT2D eigenvalue weighted by atomic mass is 9.73. The fourth-order valence-electron chi connectivity index (χ4n) is 7.30. The van der Waals surface area contributed by atoms with Crippen molar-refractivity contribution in [2.24, 2.45) is 0 Å². The molecule has 1 aliphatic heterocycles. The van der Waals surface area contributed by atoms with Crippen LogP contribution < -0.4 is 0 Å². The highest BCUT2D eigenvalue weighted by Crippen LogP contribution is 2.55. The van der Waals surface area contributed by atoms with Crippen molar-refractivity contribution < 1.29 is 0 Å². The van der Waals surface area contributed by atoms with Crippen molar-refractivity contribution in [3.05, 3.63) is 156 Å². The van der Waals surface area contributed by atoms with E-state index < -0.39 is 0 Å². The van der Waals surface area contributed by atoms with Crippen LogP contribution in [0.5, 0.6) is 0 Å². The van der Waals surface area contributed by atoms with Crippen molar-refractivity contribution in [2.75, 3.05) is 0 Å². The van der Waals surface area contributed by atoms with Crippen molar-refractivity contribution in [1.29, 1.82) is 0 Å².